The number of anilines is 2. The van der Waals surface area contributed by atoms with Crippen LogP contribution in [0.1, 0.15) is 6.92 Å². The lowest BCUT2D eigenvalue weighted by molar-refractivity contribution is 0.335. The van der Waals surface area contributed by atoms with Gasteiger partial charge in [-0.2, -0.15) is 0 Å². The highest BCUT2D eigenvalue weighted by Gasteiger charge is 2.22. The number of nitrogens with zero attached hydrogens (tertiary/aromatic N) is 2. The van der Waals surface area contributed by atoms with Crippen molar-refractivity contribution in [2.45, 2.75) is 6.92 Å². The zero-order valence-electron chi connectivity index (χ0n) is 8.56. The minimum Gasteiger partial charge on any atom is -0.488 e. The maximum absolute atomic E-state index is 11.3. The molecule has 0 fully saturated rings. The third-order valence-electron chi connectivity index (χ3n) is 1.99. The van der Waals surface area contributed by atoms with E-state index < -0.39 is 10.9 Å². The van der Waals surface area contributed by atoms with E-state index >= 15 is 0 Å². The van der Waals surface area contributed by atoms with Gasteiger partial charge in [-0.15, -0.1) is 0 Å². The highest BCUT2D eigenvalue weighted by Crippen LogP contribution is 2.20. The number of rotatable bonds is 4. The SMILES string of the molecule is CCOc1c(Nc2ccncn2)c(=O)c1=O. The first-order valence-corrected chi connectivity index (χ1v) is 4.73. The molecule has 1 aromatic heterocycles. The van der Waals surface area contributed by atoms with Crippen molar-refractivity contribution in [2.24, 2.45) is 0 Å². The molecule has 0 aliphatic carbocycles. The first-order valence-electron chi connectivity index (χ1n) is 4.73. The van der Waals surface area contributed by atoms with E-state index in [0.717, 1.165) is 0 Å². The molecular formula is C10H9N3O3. The number of ether oxygens (including phenoxy) is 1. The van der Waals surface area contributed by atoms with Gasteiger partial charge in [0.25, 0.3) is 10.9 Å². The molecule has 0 amide bonds. The zero-order valence-corrected chi connectivity index (χ0v) is 8.56. The van der Waals surface area contributed by atoms with Crippen molar-refractivity contribution in [3.63, 3.8) is 0 Å². The van der Waals surface area contributed by atoms with Gasteiger partial charge in [-0.3, -0.25) is 9.59 Å². The molecule has 0 saturated carbocycles. The number of hydrogen-bond donors (Lipinski definition) is 1. The van der Waals surface area contributed by atoms with Crippen LogP contribution in [-0.2, 0) is 0 Å². The lowest BCUT2D eigenvalue weighted by atomic mass is 10.2. The van der Waals surface area contributed by atoms with Crippen molar-refractivity contribution >= 4 is 11.5 Å². The van der Waals surface area contributed by atoms with Crippen LogP contribution in [-0.4, -0.2) is 16.6 Å². The summed E-state index contributed by atoms with van der Waals surface area (Å²) in [5, 5.41) is 2.73. The maximum atomic E-state index is 11.3. The molecule has 0 aliphatic rings. The largest absolute Gasteiger partial charge is 0.488 e. The molecule has 0 radical (unpaired) electrons. The summed E-state index contributed by atoms with van der Waals surface area (Å²) in [6.07, 6.45) is 2.87. The Labute approximate surface area is 90.6 Å². The molecule has 0 aliphatic heterocycles. The fourth-order valence-electron chi connectivity index (χ4n) is 1.26. The van der Waals surface area contributed by atoms with Crippen LogP contribution in [0.15, 0.2) is 28.2 Å². The maximum Gasteiger partial charge on any atom is 0.272 e. The van der Waals surface area contributed by atoms with E-state index in [1.54, 1.807) is 13.0 Å². The molecule has 1 aromatic carbocycles. The van der Waals surface area contributed by atoms with E-state index in [4.69, 9.17) is 4.74 Å². The van der Waals surface area contributed by atoms with E-state index in [0.29, 0.717) is 12.4 Å². The fraction of sp³-hybridized carbons (Fsp3) is 0.200. The first-order chi connectivity index (χ1) is 7.74. The molecule has 1 N–H and O–H groups in total. The second-order valence-electron chi connectivity index (χ2n) is 3.02. The average Bonchev–Trinajstić information content (AvgIpc) is 2.34. The molecule has 16 heavy (non-hydrogen) atoms. The quantitative estimate of drug-likeness (QED) is 0.740. The number of hydrogen-bond acceptors (Lipinski definition) is 6. The molecule has 1 heterocycles. The van der Waals surface area contributed by atoms with Gasteiger partial charge in [0.1, 0.15) is 17.8 Å². The van der Waals surface area contributed by atoms with Crippen molar-refractivity contribution in [3.05, 3.63) is 39.0 Å². The van der Waals surface area contributed by atoms with Gasteiger partial charge in [-0.25, -0.2) is 9.97 Å². The molecule has 6 nitrogen and oxygen atoms in total. The topological polar surface area (TPSA) is 81.2 Å². The molecule has 2 rings (SSSR count). The van der Waals surface area contributed by atoms with Crippen LogP contribution in [0.4, 0.5) is 11.5 Å². The minimum atomic E-state index is -0.599. The highest BCUT2D eigenvalue weighted by atomic mass is 16.5. The Morgan fingerprint density at radius 3 is 2.81 bits per heavy atom. The van der Waals surface area contributed by atoms with Crippen LogP contribution < -0.4 is 20.9 Å². The van der Waals surface area contributed by atoms with E-state index in [1.165, 1.54) is 12.5 Å². The molecule has 0 atom stereocenters. The lowest BCUT2D eigenvalue weighted by Gasteiger charge is -2.11. The number of aromatic nitrogens is 2. The van der Waals surface area contributed by atoms with Crippen molar-refractivity contribution in [2.75, 3.05) is 11.9 Å². The van der Waals surface area contributed by atoms with Gasteiger partial charge in [0, 0.05) is 6.20 Å². The van der Waals surface area contributed by atoms with Crippen LogP contribution in [0.5, 0.6) is 5.75 Å². The molecular weight excluding hydrogens is 210 g/mol. The zero-order chi connectivity index (χ0) is 11.5. The van der Waals surface area contributed by atoms with E-state index in [1.807, 2.05) is 0 Å². The summed E-state index contributed by atoms with van der Waals surface area (Å²) >= 11 is 0. The van der Waals surface area contributed by atoms with Gasteiger partial charge < -0.3 is 10.1 Å². The van der Waals surface area contributed by atoms with Gasteiger partial charge in [0.05, 0.1) is 6.61 Å². The van der Waals surface area contributed by atoms with Crippen LogP contribution in [0.25, 0.3) is 0 Å². The smallest absolute Gasteiger partial charge is 0.272 e. The summed E-state index contributed by atoms with van der Waals surface area (Å²) in [4.78, 5) is 30.0. The second kappa shape index (κ2) is 4.09. The Balaban J connectivity index is 2.26. The first kappa shape index (κ1) is 10.3. The minimum absolute atomic E-state index is 0.0751. The van der Waals surface area contributed by atoms with Crippen LogP contribution in [0.2, 0.25) is 0 Å². The predicted molar refractivity (Wildman–Crippen MR) is 57.8 cm³/mol. The van der Waals surface area contributed by atoms with Crippen LogP contribution in [0.3, 0.4) is 0 Å². The summed E-state index contributed by atoms with van der Waals surface area (Å²) in [6.45, 7) is 2.08. The Bertz CT molecular complexity index is 558. The van der Waals surface area contributed by atoms with E-state index in [-0.39, 0.29) is 11.4 Å². The Morgan fingerprint density at radius 2 is 2.19 bits per heavy atom. The third kappa shape index (κ3) is 1.65. The normalized spacial score (nSPS) is 10.3. The lowest BCUT2D eigenvalue weighted by Crippen LogP contribution is -2.35. The van der Waals surface area contributed by atoms with Gasteiger partial charge in [-0.1, -0.05) is 0 Å². The second-order valence-corrected chi connectivity index (χ2v) is 3.02. The summed E-state index contributed by atoms with van der Waals surface area (Å²) in [5.41, 5.74) is -1.02. The van der Waals surface area contributed by atoms with Crippen molar-refractivity contribution < 1.29 is 4.74 Å². The van der Waals surface area contributed by atoms with Crippen LogP contribution >= 0.6 is 0 Å². The summed E-state index contributed by atoms with van der Waals surface area (Å²) in [6, 6.07) is 1.59. The molecule has 0 spiro atoms. The average molecular weight is 219 g/mol. The van der Waals surface area contributed by atoms with Crippen LogP contribution in [0, 0.1) is 0 Å². The Kier molecular flexibility index (Phi) is 2.63. The summed E-state index contributed by atoms with van der Waals surface area (Å²) in [5.74, 6) is 0.522. The Hall–Kier alpha value is -2.24. The van der Waals surface area contributed by atoms with Gasteiger partial charge in [0.15, 0.2) is 5.75 Å². The molecule has 0 saturated heterocycles. The van der Waals surface area contributed by atoms with Crippen molar-refractivity contribution in [1.82, 2.24) is 9.97 Å². The molecule has 6 heteroatoms. The summed E-state index contributed by atoms with van der Waals surface area (Å²) in [7, 11) is 0. The molecule has 0 unspecified atom stereocenters. The van der Waals surface area contributed by atoms with Crippen molar-refractivity contribution in [1.29, 1.82) is 0 Å². The van der Waals surface area contributed by atoms with Gasteiger partial charge in [0.2, 0.25) is 0 Å². The predicted octanol–water partition coefficient (Wildman–Crippen LogP) is 0.215. The van der Waals surface area contributed by atoms with Gasteiger partial charge >= 0.3 is 0 Å². The molecule has 0 bridgehead atoms. The molecule has 2 aromatic rings. The number of nitrogens with one attached hydrogen (secondary N) is 1. The van der Waals surface area contributed by atoms with E-state index in [2.05, 4.69) is 15.3 Å². The Morgan fingerprint density at radius 1 is 1.38 bits per heavy atom. The monoisotopic (exact) mass is 219 g/mol. The standard InChI is InChI=1S/C10H9N3O3/c1-2-16-10-7(8(14)9(10)15)13-6-3-4-11-5-12-6/h3-5H,2H2,1H3,(H,11,12,13). The highest BCUT2D eigenvalue weighted by molar-refractivity contribution is 5.67. The van der Waals surface area contributed by atoms with Gasteiger partial charge in [-0.05, 0) is 13.0 Å². The van der Waals surface area contributed by atoms with E-state index in [9.17, 15) is 9.59 Å². The fourth-order valence-corrected chi connectivity index (χ4v) is 1.26. The third-order valence-corrected chi connectivity index (χ3v) is 1.99. The van der Waals surface area contributed by atoms with Crippen molar-refractivity contribution in [3.8, 4) is 5.75 Å². The summed E-state index contributed by atoms with van der Waals surface area (Å²) < 4.78 is 5.05. The molecule has 82 valence electrons.